The van der Waals surface area contributed by atoms with Crippen LogP contribution in [0.25, 0.3) is 0 Å². The van der Waals surface area contributed by atoms with E-state index in [1.807, 2.05) is 41.7 Å². The van der Waals surface area contributed by atoms with E-state index >= 15 is 4.39 Å². The first-order valence-electron chi connectivity index (χ1n) is 13.3. The summed E-state index contributed by atoms with van der Waals surface area (Å²) < 4.78 is 49.7. The Balaban J connectivity index is 1.45. The van der Waals surface area contributed by atoms with E-state index in [2.05, 4.69) is 20.2 Å². The monoisotopic (exact) mass is 650 g/mol. The molecular formula is C27H38F3IN4O3. The van der Waals surface area contributed by atoms with Gasteiger partial charge in [0.25, 0.3) is 6.43 Å². The van der Waals surface area contributed by atoms with Crippen LogP contribution in [0.4, 0.5) is 13.2 Å². The van der Waals surface area contributed by atoms with Crippen molar-refractivity contribution in [3.8, 4) is 0 Å². The van der Waals surface area contributed by atoms with Gasteiger partial charge in [0, 0.05) is 51.0 Å². The standard InChI is InChI=1S/C27H38F3IN4O3/c1-3-21(33-25(36)16-22-17-32-19(2)38-22)9-11-27(30,31)12-15-35-13-5-7-20-6-4-8-26(37-18-24(28)29)34-23(20)10-14-35/h4,6,17,21,24H,3,5,7-16,18H2,1-2H3,(H,33,36)/t21-,27?/m1/s1. The molecule has 1 N–H and O–H groups in total. The molecule has 0 saturated carbocycles. The first-order valence-corrected chi connectivity index (χ1v) is 14.4. The molecule has 38 heavy (non-hydrogen) atoms. The summed E-state index contributed by atoms with van der Waals surface area (Å²) in [5, 5.41) is 2.99. The van der Waals surface area contributed by atoms with Crippen molar-refractivity contribution in [2.24, 2.45) is 4.99 Å². The Bertz CT molecular complexity index is 1010. The quantitative estimate of drug-likeness (QED) is 0.220. The fourth-order valence-electron chi connectivity index (χ4n) is 4.59. The number of rotatable bonds is 12. The molecule has 2 aliphatic heterocycles. The van der Waals surface area contributed by atoms with Gasteiger partial charge in [-0.2, -0.15) is 0 Å². The Hall–Kier alpha value is -1.89. The second-order valence-corrected chi connectivity index (χ2v) is 11.8. The number of nitrogens with zero attached hydrogens (tertiary/aromatic N) is 3. The molecule has 1 aromatic heterocycles. The average Bonchev–Trinajstić information content (AvgIpc) is 3.16. The van der Waals surface area contributed by atoms with Crippen LogP contribution in [0.2, 0.25) is 0 Å². The fourth-order valence-corrected chi connectivity index (χ4v) is 5.14. The molecule has 11 heteroatoms. The number of halogens is 4. The number of amides is 1. The second kappa shape index (κ2) is 15.0. The van der Waals surface area contributed by atoms with Gasteiger partial charge in [-0.1, -0.05) is 19.1 Å². The van der Waals surface area contributed by atoms with Crippen molar-refractivity contribution in [1.82, 2.24) is 15.2 Å². The summed E-state index contributed by atoms with van der Waals surface area (Å²) in [5.74, 6) is 1.20. The van der Waals surface area contributed by atoms with E-state index in [0.29, 0.717) is 56.2 Å². The lowest BCUT2D eigenvalue weighted by Gasteiger charge is -2.29. The minimum Gasteiger partial charge on any atom is -0.474 e. The molecule has 0 saturated heterocycles. The van der Waals surface area contributed by atoms with E-state index in [1.165, 1.54) is 0 Å². The van der Waals surface area contributed by atoms with Gasteiger partial charge >= 0.3 is 0 Å². The highest BCUT2D eigenvalue weighted by molar-refractivity contribution is 14.1. The van der Waals surface area contributed by atoms with E-state index in [1.54, 1.807) is 13.1 Å². The van der Waals surface area contributed by atoms with Crippen LogP contribution in [0.3, 0.4) is 0 Å². The number of allylic oxidation sites excluding steroid dienone is 2. The zero-order valence-corrected chi connectivity index (χ0v) is 24.3. The van der Waals surface area contributed by atoms with Gasteiger partial charge in [-0.25, -0.2) is 23.1 Å². The number of nitrogens with one attached hydrogen (secondary N) is 1. The van der Waals surface area contributed by atoms with Gasteiger partial charge in [-0.05, 0) is 66.8 Å². The summed E-state index contributed by atoms with van der Waals surface area (Å²) in [6.07, 6.45) is 7.90. The van der Waals surface area contributed by atoms with Crippen molar-refractivity contribution < 1.29 is 27.1 Å². The van der Waals surface area contributed by atoms with Crippen molar-refractivity contribution in [2.75, 3.05) is 26.2 Å². The second-order valence-electron chi connectivity index (χ2n) is 9.82. The van der Waals surface area contributed by atoms with Crippen LogP contribution in [0.15, 0.2) is 39.0 Å². The molecule has 3 heterocycles. The third-order valence-electron chi connectivity index (χ3n) is 6.72. The molecule has 0 aromatic carbocycles. The van der Waals surface area contributed by atoms with Crippen molar-refractivity contribution in [2.45, 2.75) is 87.8 Å². The van der Waals surface area contributed by atoms with Gasteiger partial charge in [0.2, 0.25) is 5.91 Å². The lowest BCUT2D eigenvalue weighted by molar-refractivity contribution is -0.121. The SMILES string of the molecule is CC[C@H](CCC(F)(I)CCN1CCCC2=C(CC1)N=C(OCC(F)F)CC=C2)NC(=O)Cc1cnc(C)o1. The lowest BCUT2D eigenvalue weighted by atomic mass is 10.0. The summed E-state index contributed by atoms with van der Waals surface area (Å²) in [5.41, 5.74) is 2.00. The highest BCUT2D eigenvalue weighted by Gasteiger charge is 2.28. The molecule has 0 bridgehead atoms. The topological polar surface area (TPSA) is 80.0 Å². The largest absolute Gasteiger partial charge is 0.474 e. The fraction of sp³-hybridized carbons (Fsp3) is 0.667. The number of hydrogen-bond donors (Lipinski definition) is 1. The normalized spacial score (nSPS) is 19.2. The maximum atomic E-state index is 15.4. The van der Waals surface area contributed by atoms with Crippen LogP contribution in [0.1, 0.15) is 69.9 Å². The van der Waals surface area contributed by atoms with Gasteiger partial charge in [-0.15, -0.1) is 0 Å². The highest BCUT2D eigenvalue weighted by Crippen LogP contribution is 2.32. The van der Waals surface area contributed by atoms with Gasteiger partial charge in [-0.3, -0.25) is 4.79 Å². The molecule has 1 amide bonds. The molecular weight excluding hydrogens is 612 g/mol. The highest BCUT2D eigenvalue weighted by atomic mass is 127. The van der Waals surface area contributed by atoms with Crippen LogP contribution >= 0.6 is 22.6 Å². The Morgan fingerprint density at radius 1 is 1.32 bits per heavy atom. The Morgan fingerprint density at radius 2 is 2.13 bits per heavy atom. The van der Waals surface area contributed by atoms with E-state index in [0.717, 1.165) is 43.6 Å². The predicted octanol–water partition coefficient (Wildman–Crippen LogP) is 6.07. The molecule has 3 rings (SSSR count). The number of carbonyl (C=O) groups excluding carboxylic acids is 1. The number of aromatic nitrogens is 1. The van der Waals surface area contributed by atoms with Crippen molar-refractivity contribution >= 4 is 34.4 Å². The van der Waals surface area contributed by atoms with Gasteiger partial charge < -0.3 is 19.4 Å². The molecule has 1 aromatic rings. The van der Waals surface area contributed by atoms with E-state index < -0.39 is 16.7 Å². The van der Waals surface area contributed by atoms with Crippen LogP contribution in [0.5, 0.6) is 0 Å². The van der Waals surface area contributed by atoms with E-state index in [-0.39, 0.29) is 18.4 Å². The summed E-state index contributed by atoms with van der Waals surface area (Å²) >= 11 is 1.90. The molecule has 0 radical (unpaired) electrons. The number of aliphatic imine (C=N–C) groups is 1. The van der Waals surface area contributed by atoms with Crippen LogP contribution in [-0.2, 0) is 16.0 Å². The van der Waals surface area contributed by atoms with Gasteiger partial charge in [0.15, 0.2) is 22.1 Å². The van der Waals surface area contributed by atoms with Gasteiger partial charge in [0.05, 0.1) is 12.6 Å². The number of aryl methyl sites for hydroxylation is 1. The number of alkyl halides is 4. The summed E-state index contributed by atoms with van der Waals surface area (Å²) in [6, 6.07) is -0.105. The number of ether oxygens (including phenoxy) is 1. The van der Waals surface area contributed by atoms with Gasteiger partial charge in [0.1, 0.15) is 5.76 Å². The first-order chi connectivity index (χ1) is 18.1. The van der Waals surface area contributed by atoms with Crippen LogP contribution in [-0.4, -0.2) is 64.1 Å². The average molecular weight is 651 g/mol. The number of oxazole rings is 1. The zero-order valence-electron chi connectivity index (χ0n) is 22.2. The van der Waals surface area contributed by atoms with Crippen molar-refractivity contribution in [3.05, 3.63) is 41.3 Å². The maximum absolute atomic E-state index is 15.4. The third kappa shape index (κ3) is 10.7. The summed E-state index contributed by atoms with van der Waals surface area (Å²) in [6.45, 7) is 5.26. The molecule has 2 aliphatic rings. The van der Waals surface area contributed by atoms with Crippen molar-refractivity contribution in [1.29, 1.82) is 0 Å². The summed E-state index contributed by atoms with van der Waals surface area (Å²) in [4.78, 5) is 23.2. The van der Waals surface area contributed by atoms with E-state index in [9.17, 15) is 13.6 Å². The van der Waals surface area contributed by atoms with Crippen molar-refractivity contribution in [3.63, 3.8) is 0 Å². The Kier molecular flexibility index (Phi) is 12.1. The maximum Gasteiger partial charge on any atom is 0.272 e. The molecule has 0 spiro atoms. The number of carbonyl (C=O) groups is 1. The smallest absolute Gasteiger partial charge is 0.272 e. The third-order valence-corrected chi connectivity index (χ3v) is 7.80. The lowest BCUT2D eigenvalue weighted by Crippen LogP contribution is -2.37. The molecule has 1 unspecified atom stereocenters. The van der Waals surface area contributed by atoms with Crippen LogP contribution in [0, 0.1) is 6.92 Å². The molecule has 2 atom stereocenters. The molecule has 0 fully saturated rings. The Morgan fingerprint density at radius 3 is 2.84 bits per heavy atom. The minimum absolute atomic E-state index is 0.105. The molecule has 0 aliphatic carbocycles. The van der Waals surface area contributed by atoms with Crippen LogP contribution < -0.4 is 5.32 Å². The molecule has 212 valence electrons. The first kappa shape index (κ1) is 30.6. The Labute approximate surface area is 236 Å². The minimum atomic E-state index is -2.53. The molecule has 7 nitrogen and oxygen atoms in total. The summed E-state index contributed by atoms with van der Waals surface area (Å²) in [7, 11) is 0. The predicted molar refractivity (Wildman–Crippen MR) is 149 cm³/mol. The number of hydrogen-bond acceptors (Lipinski definition) is 6. The zero-order chi connectivity index (χ0) is 27.5. The van der Waals surface area contributed by atoms with E-state index in [4.69, 9.17) is 9.15 Å².